The number of carbonyl (C=O) groups is 2. The van der Waals surface area contributed by atoms with Crippen LogP contribution < -0.4 is 10.2 Å². The van der Waals surface area contributed by atoms with E-state index in [1.165, 1.54) is 18.1 Å². The van der Waals surface area contributed by atoms with Gasteiger partial charge in [0.2, 0.25) is 0 Å². The number of anilines is 1. The third-order valence-corrected chi connectivity index (χ3v) is 7.89. The fraction of sp³-hybridized carbons (Fsp3) is 0.440. The van der Waals surface area contributed by atoms with Crippen molar-refractivity contribution in [2.75, 3.05) is 25.1 Å². The molecular formula is C25H23FN4O4. The van der Waals surface area contributed by atoms with E-state index >= 15 is 4.39 Å². The van der Waals surface area contributed by atoms with Crippen molar-refractivity contribution in [3.8, 4) is 17.2 Å². The van der Waals surface area contributed by atoms with E-state index in [0.717, 1.165) is 24.3 Å². The number of esters is 1. The van der Waals surface area contributed by atoms with E-state index < -0.39 is 23.4 Å². The Morgan fingerprint density at radius 2 is 2.18 bits per heavy atom. The number of methoxy groups -OCH3 is 1. The average Bonchev–Trinajstić information content (AvgIpc) is 3.23. The number of nitrogens with one attached hydrogen (secondary N) is 1. The van der Waals surface area contributed by atoms with Gasteiger partial charge in [0.05, 0.1) is 30.6 Å². The van der Waals surface area contributed by atoms with E-state index in [1.807, 2.05) is 12.1 Å². The first-order chi connectivity index (χ1) is 16.5. The molecule has 4 aliphatic rings. The van der Waals surface area contributed by atoms with Gasteiger partial charge in [-0.3, -0.25) is 14.7 Å². The van der Waals surface area contributed by atoms with Crippen molar-refractivity contribution in [1.29, 1.82) is 5.26 Å². The molecule has 2 saturated heterocycles. The molecule has 0 spiro atoms. The Labute approximate surface area is 195 Å². The fourth-order valence-corrected chi connectivity index (χ4v) is 6.06. The summed E-state index contributed by atoms with van der Waals surface area (Å²) in [5.74, 6) is -0.248. The Hall–Kier alpha value is -3.51. The summed E-state index contributed by atoms with van der Waals surface area (Å²) >= 11 is 0. The number of nitriles is 1. The van der Waals surface area contributed by atoms with Gasteiger partial charge in [-0.25, -0.2) is 9.18 Å². The van der Waals surface area contributed by atoms with E-state index in [2.05, 4.69) is 21.1 Å². The molecule has 9 heteroatoms. The van der Waals surface area contributed by atoms with Gasteiger partial charge in [0, 0.05) is 48.7 Å². The highest BCUT2D eigenvalue weighted by molar-refractivity contribution is 5.94. The summed E-state index contributed by atoms with van der Waals surface area (Å²) in [5.41, 5.74) is 2.59. The third-order valence-electron chi connectivity index (χ3n) is 7.89. The van der Waals surface area contributed by atoms with Crippen molar-refractivity contribution in [3.63, 3.8) is 0 Å². The molecule has 1 aromatic heterocycles. The molecule has 2 aromatic rings. The second-order valence-corrected chi connectivity index (χ2v) is 9.42. The lowest BCUT2D eigenvalue weighted by Gasteiger charge is -2.16. The number of rotatable bonds is 5. The number of aromatic nitrogens is 1. The minimum Gasteiger partial charge on any atom is -0.469 e. The Kier molecular flexibility index (Phi) is 4.64. The van der Waals surface area contributed by atoms with Crippen molar-refractivity contribution in [3.05, 3.63) is 47.5 Å². The number of hydrogen-bond donors (Lipinski definition) is 1. The predicted octanol–water partition coefficient (Wildman–Crippen LogP) is 2.70. The maximum absolute atomic E-state index is 15.2. The second kappa shape index (κ2) is 7.50. The number of fused-ring (bicyclic) bond motifs is 4. The zero-order valence-corrected chi connectivity index (χ0v) is 18.6. The molecule has 174 valence electrons. The summed E-state index contributed by atoms with van der Waals surface area (Å²) in [4.78, 5) is 30.1. The van der Waals surface area contributed by atoms with Crippen LogP contribution in [0.5, 0.6) is 0 Å². The molecule has 8 nitrogen and oxygen atoms in total. The monoisotopic (exact) mass is 462 g/mol. The van der Waals surface area contributed by atoms with Gasteiger partial charge >= 0.3 is 12.1 Å². The topological polar surface area (TPSA) is 105 Å². The molecule has 1 saturated carbocycles. The molecule has 34 heavy (non-hydrogen) atoms. The summed E-state index contributed by atoms with van der Waals surface area (Å²) in [7, 11) is 1.32. The zero-order valence-electron chi connectivity index (χ0n) is 18.6. The number of piperidine rings is 1. The van der Waals surface area contributed by atoms with Gasteiger partial charge in [-0.05, 0) is 36.6 Å². The number of ether oxygens (including phenoxy) is 2. The van der Waals surface area contributed by atoms with Gasteiger partial charge in [0.1, 0.15) is 17.3 Å². The third kappa shape index (κ3) is 2.88. The Bertz CT molecular complexity index is 1230. The van der Waals surface area contributed by atoms with E-state index in [4.69, 9.17) is 4.74 Å². The van der Waals surface area contributed by atoms with Crippen LogP contribution in [0.2, 0.25) is 0 Å². The van der Waals surface area contributed by atoms with Crippen LogP contribution in [0.3, 0.4) is 0 Å². The van der Waals surface area contributed by atoms with Crippen LogP contribution in [0.25, 0.3) is 11.1 Å². The number of nitrogens with zero attached hydrogens (tertiary/aromatic N) is 3. The number of benzene rings is 1. The standard InChI is InChI=1S/C25H23FN4O4/c1-33-23(31)5-3-21-20-7-14-6-15(18(26)8-19(14)30(20)24(32)34-21)13-2-4-22(29-9-13)25(12-27)16-10-28-11-17(16)25/h2,4,6,8-9,16-17,20-21,28H,3,5,7,10-11H2,1H3/t16-,17+,20-,21-,25?/m0/s1. The molecule has 3 fully saturated rings. The molecule has 5 atom stereocenters. The molecule has 0 radical (unpaired) electrons. The highest BCUT2D eigenvalue weighted by atomic mass is 19.1. The van der Waals surface area contributed by atoms with Gasteiger partial charge in [0.25, 0.3) is 0 Å². The Morgan fingerprint density at radius 3 is 2.85 bits per heavy atom. The molecule has 6 rings (SSSR count). The van der Waals surface area contributed by atoms with Gasteiger partial charge in [0.15, 0.2) is 0 Å². The predicted molar refractivity (Wildman–Crippen MR) is 118 cm³/mol. The first kappa shape index (κ1) is 21.1. The van der Waals surface area contributed by atoms with Crippen molar-refractivity contribution in [2.45, 2.75) is 36.8 Å². The lowest BCUT2D eigenvalue weighted by atomic mass is 9.95. The molecule has 0 bridgehead atoms. The normalized spacial score (nSPS) is 30.3. The van der Waals surface area contributed by atoms with Gasteiger partial charge < -0.3 is 14.8 Å². The second-order valence-electron chi connectivity index (χ2n) is 9.42. The van der Waals surface area contributed by atoms with Crippen LogP contribution in [0.15, 0.2) is 30.5 Å². The highest BCUT2D eigenvalue weighted by Gasteiger charge is 2.69. The van der Waals surface area contributed by atoms with Crippen molar-refractivity contribution in [1.82, 2.24) is 10.3 Å². The minimum absolute atomic E-state index is 0.148. The smallest absolute Gasteiger partial charge is 0.415 e. The average molecular weight is 462 g/mol. The summed E-state index contributed by atoms with van der Waals surface area (Å²) in [6.45, 7) is 1.64. The van der Waals surface area contributed by atoms with Gasteiger partial charge in [-0.1, -0.05) is 6.07 Å². The lowest BCUT2D eigenvalue weighted by Crippen LogP contribution is -2.33. The first-order valence-electron chi connectivity index (χ1n) is 11.5. The lowest BCUT2D eigenvalue weighted by molar-refractivity contribution is -0.141. The van der Waals surface area contributed by atoms with E-state index in [1.54, 1.807) is 12.3 Å². The first-order valence-corrected chi connectivity index (χ1v) is 11.5. The van der Waals surface area contributed by atoms with Crippen molar-refractivity contribution in [2.24, 2.45) is 11.8 Å². The number of hydrogen-bond acceptors (Lipinski definition) is 7. The maximum Gasteiger partial charge on any atom is 0.415 e. The Balaban J connectivity index is 1.26. The molecule has 1 aromatic carbocycles. The summed E-state index contributed by atoms with van der Waals surface area (Å²) in [5, 5.41) is 13.1. The fourth-order valence-electron chi connectivity index (χ4n) is 6.06. The summed E-state index contributed by atoms with van der Waals surface area (Å²) < 4.78 is 25.3. The van der Waals surface area contributed by atoms with Gasteiger partial charge in [-0.2, -0.15) is 5.26 Å². The zero-order chi connectivity index (χ0) is 23.6. The quantitative estimate of drug-likeness (QED) is 0.682. The number of pyridine rings is 1. The van der Waals surface area contributed by atoms with E-state index in [9.17, 15) is 14.9 Å². The number of carbonyl (C=O) groups excluding carboxylic acids is 2. The molecule has 4 heterocycles. The number of halogens is 1. The minimum atomic E-state index is -0.537. The van der Waals surface area contributed by atoms with Gasteiger partial charge in [-0.15, -0.1) is 0 Å². The van der Waals surface area contributed by atoms with Crippen LogP contribution in [-0.2, 0) is 26.1 Å². The van der Waals surface area contributed by atoms with Crippen LogP contribution in [0, 0.1) is 29.0 Å². The van der Waals surface area contributed by atoms with E-state index in [0.29, 0.717) is 29.7 Å². The van der Waals surface area contributed by atoms with Crippen LogP contribution in [0.1, 0.15) is 24.1 Å². The number of cyclic esters (lactones) is 1. The maximum atomic E-state index is 15.2. The van der Waals surface area contributed by atoms with Crippen molar-refractivity contribution >= 4 is 17.7 Å². The largest absolute Gasteiger partial charge is 0.469 e. The molecular weight excluding hydrogens is 439 g/mol. The van der Waals surface area contributed by atoms with E-state index in [-0.39, 0.29) is 30.3 Å². The summed E-state index contributed by atoms with van der Waals surface area (Å²) in [6, 6.07) is 8.98. The SMILES string of the molecule is COC(=O)CC[C@@H]1OC(=O)N2c3cc(F)c(-c4ccc(C5(C#N)[C@@H]6CNC[C@@H]65)nc4)cc3C[C@@H]12. The summed E-state index contributed by atoms with van der Waals surface area (Å²) in [6.07, 6.45) is 1.66. The molecule has 3 aliphatic heterocycles. The van der Waals surface area contributed by atoms with Crippen molar-refractivity contribution < 1.29 is 23.5 Å². The highest BCUT2D eigenvalue weighted by Crippen LogP contribution is 2.60. The van der Waals surface area contributed by atoms with Crippen LogP contribution in [-0.4, -0.2) is 49.4 Å². The molecule has 1 aliphatic carbocycles. The molecule has 1 amide bonds. The molecule has 1 N–H and O–H groups in total. The Morgan fingerprint density at radius 1 is 1.38 bits per heavy atom. The van der Waals surface area contributed by atoms with Crippen LogP contribution >= 0.6 is 0 Å². The van der Waals surface area contributed by atoms with Crippen LogP contribution in [0.4, 0.5) is 14.9 Å². The molecule has 1 unspecified atom stereocenters. The number of amides is 1.